The van der Waals surface area contributed by atoms with Crippen LogP contribution in [0.25, 0.3) is 0 Å². The Balaban J connectivity index is 2.45. The topological polar surface area (TPSA) is 62.5 Å². The summed E-state index contributed by atoms with van der Waals surface area (Å²) >= 11 is 3.17. The molecule has 1 aromatic heterocycles. The number of amides is 1. The summed E-state index contributed by atoms with van der Waals surface area (Å²) < 4.78 is 5.75. The van der Waals surface area contributed by atoms with E-state index in [1.165, 1.54) is 6.26 Å². The quantitative estimate of drug-likeness (QED) is 0.798. The van der Waals surface area contributed by atoms with Crippen molar-refractivity contribution in [2.24, 2.45) is 0 Å². The summed E-state index contributed by atoms with van der Waals surface area (Å²) in [7, 11) is 0. The highest BCUT2D eigenvalue weighted by molar-refractivity contribution is 9.10. The van der Waals surface area contributed by atoms with Crippen molar-refractivity contribution in [3.63, 3.8) is 0 Å². The molecular weight excluding hydrogens is 214 g/mol. The van der Waals surface area contributed by atoms with E-state index in [-0.39, 0.29) is 6.54 Å². The molecule has 0 saturated heterocycles. The lowest BCUT2D eigenvalue weighted by atomic mass is 10.4. The number of halogens is 1. The molecule has 0 aromatic carbocycles. The Hall–Kier alpha value is -0.970. The van der Waals surface area contributed by atoms with Crippen LogP contribution in [-0.2, 0) is 6.54 Å². The number of carbonyl (C=O) groups is 1. The second-order valence-corrected chi connectivity index (χ2v) is 2.81. The molecule has 1 rings (SSSR count). The van der Waals surface area contributed by atoms with E-state index in [4.69, 9.17) is 9.52 Å². The molecular formula is C6H6BrNO3. The third kappa shape index (κ3) is 2.63. The van der Waals surface area contributed by atoms with Gasteiger partial charge >= 0.3 is 6.09 Å². The predicted octanol–water partition coefficient (Wildman–Crippen LogP) is 1.81. The van der Waals surface area contributed by atoms with Gasteiger partial charge in [-0.2, -0.15) is 0 Å². The number of hydrogen-bond acceptors (Lipinski definition) is 2. The number of rotatable bonds is 2. The van der Waals surface area contributed by atoms with Crippen molar-refractivity contribution in [1.29, 1.82) is 0 Å². The molecule has 0 bridgehead atoms. The van der Waals surface area contributed by atoms with Gasteiger partial charge in [-0.25, -0.2) is 4.79 Å². The molecule has 5 heteroatoms. The van der Waals surface area contributed by atoms with Crippen LogP contribution in [0.3, 0.4) is 0 Å². The van der Waals surface area contributed by atoms with Crippen molar-refractivity contribution in [2.75, 3.05) is 0 Å². The molecule has 1 heterocycles. The van der Waals surface area contributed by atoms with Crippen LogP contribution in [0.1, 0.15) is 5.76 Å². The Labute approximate surface area is 71.3 Å². The first kappa shape index (κ1) is 8.13. The Bertz CT molecular complexity index is 258. The minimum Gasteiger partial charge on any atom is -0.466 e. The Kier molecular flexibility index (Phi) is 2.53. The lowest BCUT2D eigenvalue weighted by molar-refractivity contribution is 0.193. The minimum absolute atomic E-state index is 0.195. The normalized spacial score (nSPS) is 9.55. The van der Waals surface area contributed by atoms with E-state index in [0.29, 0.717) is 5.76 Å². The van der Waals surface area contributed by atoms with Gasteiger partial charge in [-0.3, -0.25) is 0 Å². The van der Waals surface area contributed by atoms with Crippen LogP contribution in [-0.4, -0.2) is 11.2 Å². The molecule has 0 spiro atoms. The van der Waals surface area contributed by atoms with Crippen LogP contribution in [0.5, 0.6) is 0 Å². The van der Waals surface area contributed by atoms with Gasteiger partial charge in [0, 0.05) is 0 Å². The van der Waals surface area contributed by atoms with Crippen molar-refractivity contribution in [3.8, 4) is 0 Å². The van der Waals surface area contributed by atoms with E-state index >= 15 is 0 Å². The van der Waals surface area contributed by atoms with Gasteiger partial charge in [-0.05, 0) is 22.0 Å². The van der Waals surface area contributed by atoms with E-state index in [1.807, 2.05) is 0 Å². The highest BCUT2D eigenvalue weighted by atomic mass is 79.9. The maximum atomic E-state index is 10.0. The molecule has 2 N–H and O–H groups in total. The van der Waals surface area contributed by atoms with Crippen molar-refractivity contribution in [3.05, 3.63) is 22.6 Å². The van der Waals surface area contributed by atoms with Gasteiger partial charge in [0.05, 0.1) is 11.0 Å². The summed E-state index contributed by atoms with van der Waals surface area (Å²) in [6.45, 7) is 0.195. The van der Waals surface area contributed by atoms with E-state index in [0.717, 1.165) is 4.47 Å². The van der Waals surface area contributed by atoms with Gasteiger partial charge in [0.25, 0.3) is 0 Å². The molecule has 0 aliphatic carbocycles. The fourth-order valence-electron chi connectivity index (χ4n) is 0.609. The first-order chi connectivity index (χ1) is 5.18. The minimum atomic E-state index is -1.06. The van der Waals surface area contributed by atoms with Crippen LogP contribution >= 0.6 is 15.9 Å². The van der Waals surface area contributed by atoms with Crippen LogP contribution in [0, 0.1) is 0 Å². The molecule has 0 radical (unpaired) electrons. The van der Waals surface area contributed by atoms with Crippen LogP contribution in [0.2, 0.25) is 0 Å². The van der Waals surface area contributed by atoms with Gasteiger partial charge in [0.1, 0.15) is 12.0 Å². The molecule has 60 valence electrons. The zero-order valence-corrected chi connectivity index (χ0v) is 7.09. The monoisotopic (exact) mass is 219 g/mol. The molecule has 1 aromatic rings. The highest BCUT2D eigenvalue weighted by Gasteiger charge is 2.00. The fourth-order valence-corrected chi connectivity index (χ4v) is 0.958. The summed E-state index contributed by atoms with van der Waals surface area (Å²) in [5.41, 5.74) is 0. The average molecular weight is 220 g/mol. The summed E-state index contributed by atoms with van der Waals surface area (Å²) in [5.74, 6) is 0.583. The zero-order chi connectivity index (χ0) is 8.27. The van der Waals surface area contributed by atoms with Crippen molar-refractivity contribution >= 4 is 22.0 Å². The third-order valence-electron chi connectivity index (χ3n) is 1.04. The molecule has 0 aliphatic rings. The van der Waals surface area contributed by atoms with Gasteiger partial charge in [0.2, 0.25) is 0 Å². The molecule has 0 atom stereocenters. The lowest BCUT2D eigenvalue weighted by Crippen LogP contribution is -2.19. The Morgan fingerprint density at radius 1 is 1.82 bits per heavy atom. The highest BCUT2D eigenvalue weighted by Crippen LogP contribution is 2.13. The lowest BCUT2D eigenvalue weighted by Gasteiger charge is -1.94. The van der Waals surface area contributed by atoms with Crippen molar-refractivity contribution < 1.29 is 14.3 Å². The molecule has 0 fully saturated rings. The summed E-state index contributed by atoms with van der Waals surface area (Å²) in [6.07, 6.45) is 0.441. The second-order valence-electron chi connectivity index (χ2n) is 1.89. The largest absolute Gasteiger partial charge is 0.466 e. The maximum absolute atomic E-state index is 10.0. The Morgan fingerprint density at radius 3 is 3.00 bits per heavy atom. The number of nitrogens with one attached hydrogen (secondary N) is 1. The third-order valence-corrected chi connectivity index (χ3v) is 1.45. The first-order valence-electron chi connectivity index (χ1n) is 2.88. The molecule has 1 amide bonds. The van der Waals surface area contributed by atoms with E-state index in [9.17, 15) is 4.79 Å². The molecule has 0 unspecified atom stereocenters. The van der Waals surface area contributed by atoms with Crippen LogP contribution < -0.4 is 5.32 Å². The molecule has 4 nitrogen and oxygen atoms in total. The van der Waals surface area contributed by atoms with Crippen molar-refractivity contribution in [2.45, 2.75) is 6.54 Å². The van der Waals surface area contributed by atoms with Crippen molar-refractivity contribution in [1.82, 2.24) is 5.32 Å². The summed E-state index contributed by atoms with van der Waals surface area (Å²) in [6, 6.07) is 1.70. The van der Waals surface area contributed by atoms with Gasteiger partial charge in [0.15, 0.2) is 0 Å². The van der Waals surface area contributed by atoms with Crippen LogP contribution in [0.15, 0.2) is 21.2 Å². The molecule has 0 saturated carbocycles. The number of hydrogen-bond donors (Lipinski definition) is 2. The van der Waals surface area contributed by atoms with E-state index in [1.54, 1.807) is 6.07 Å². The second kappa shape index (κ2) is 3.43. The smallest absolute Gasteiger partial charge is 0.405 e. The van der Waals surface area contributed by atoms with E-state index < -0.39 is 6.09 Å². The zero-order valence-electron chi connectivity index (χ0n) is 5.50. The maximum Gasteiger partial charge on any atom is 0.405 e. The predicted molar refractivity (Wildman–Crippen MR) is 41.3 cm³/mol. The van der Waals surface area contributed by atoms with E-state index in [2.05, 4.69) is 21.2 Å². The van der Waals surface area contributed by atoms with Crippen LogP contribution in [0.4, 0.5) is 4.79 Å². The standard InChI is InChI=1S/C6H6BrNO3/c7-4-1-5(11-3-4)2-8-6(9)10/h1,3,8H,2H2,(H,9,10). The number of carboxylic acid groups (broad SMARTS) is 1. The molecule has 11 heavy (non-hydrogen) atoms. The van der Waals surface area contributed by atoms with Gasteiger partial charge in [-0.15, -0.1) is 0 Å². The Morgan fingerprint density at radius 2 is 2.55 bits per heavy atom. The number of furan rings is 1. The van der Waals surface area contributed by atoms with Gasteiger partial charge in [-0.1, -0.05) is 0 Å². The molecule has 0 aliphatic heterocycles. The SMILES string of the molecule is O=C(O)NCc1cc(Br)co1. The first-order valence-corrected chi connectivity index (χ1v) is 3.67. The summed E-state index contributed by atoms with van der Waals surface area (Å²) in [5, 5.41) is 10.4. The fraction of sp³-hybridized carbons (Fsp3) is 0.167. The summed E-state index contributed by atoms with van der Waals surface area (Å²) in [4.78, 5) is 10.0. The van der Waals surface area contributed by atoms with Gasteiger partial charge < -0.3 is 14.8 Å². The average Bonchev–Trinajstić information content (AvgIpc) is 2.31.